The summed E-state index contributed by atoms with van der Waals surface area (Å²) >= 11 is 5.94. The fourth-order valence-electron chi connectivity index (χ4n) is 3.21. The number of hydrogen-bond acceptors (Lipinski definition) is 2. The number of alkyl halides is 2. The van der Waals surface area contributed by atoms with Gasteiger partial charge >= 0.3 is 6.03 Å². The summed E-state index contributed by atoms with van der Waals surface area (Å²) in [6.45, 7) is 0.940. The van der Waals surface area contributed by atoms with Gasteiger partial charge in [-0.15, -0.1) is 0 Å². The monoisotopic (exact) mass is 343 g/mol. The molecule has 2 atom stereocenters. The van der Waals surface area contributed by atoms with E-state index in [2.05, 4.69) is 10.6 Å². The number of urea groups is 1. The number of amides is 3. The molecular formula is C15H16ClF2N3O2. The first kappa shape index (κ1) is 16.0. The second-order valence-corrected chi connectivity index (χ2v) is 6.07. The minimum atomic E-state index is -2.71. The van der Waals surface area contributed by atoms with Crippen molar-refractivity contribution in [2.75, 3.05) is 18.4 Å². The van der Waals surface area contributed by atoms with Crippen molar-refractivity contribution in [2.45, 2.75) is 25.3 Å². The van der Waals surface area contributed by atoms with Crippen LogP contribution in [0.4, 0.5) is 19.3 Å². The third-order valence-corrected chi connectivity index (χ3v) is 4.79. The molecule has 0 aliphatic carbocycles. The van der Waals surface area contributed by atoms with Crippen molar-refractivity contribution in [1.82, 2.24) is 10.2 Å². The fraction of sp³-hybridized carbons (Fsp3) is 0.467. The van der Waals surface area contributed by atoms with Crippen LogP contribution in [-0.2, 0) is 4.79 Å². The van der Waals surface area contributed by atoms with Gasteiger partial charge in [-0.05, 0) is 18.9 Å². The Balaban J connectivity index is 1.77. The summed E-state index contributed by atoms with van der Waals surface area (Å²) < 4.78 is 25.7. The SMILES string of the molecule is O=C1NC[C@@H]2[C@H]1CCCN2C(=O)Nc1cccc(C(F)F)c1Cl. The highest BCUT2D eigenvalue weighted by molar-refractivity contribution is 6.34. The van der Waals surface area contributed by atoms with Crippen LogP contribution in [0.25, 0.3) is 0 Å². The molecule has 3 amide bonds. The van der Waals surface area contributed by atoms with Gasteiger partial charge in [-0.2, -0.15) is 0 Å². The first-order chi connectivity index (χ1) is 11.0. The highest BCUT2D eigenvalue weighted by atomic mass is 35.5. The van der Waals surface area contributed by atoms with Crippen LogP contribution in [0.2, 0.25) is 5.02 Å². The zero-order chi connectivity index (χ0) is 16.6. The summed E-state index contributed by atoms with van der Waals surface area (Å²) in [5.74, 6) is -0.234. The van der Waals surface area contributed by atoms with E-state index < -0.39 is 12.5 Å². The zero-order valence-electron chi connectivity index (χ0n) is 12.2. The van der Waals surface area contributed by atoms with Crippen molar-refractivity contribution in [2.24, 2.45) is 5.92 Å². The smallest absolute Gasteiger partial charge is 0.322 e. The van der Waals surface area contributed by atoms with Crippen molar-refractivity contribution in [3.05, 3.63) is 28.8 Å². The molecule has 0 saturated carbocycles. The number of carbonyl (C=O) groups is 2. The molecule has 0 aromatic heterocycles. The molecular weight excluding hydrogens is 328 g/mol. The molecule has 2 aliphatic heterocycles. The summed E-state index contributed by atoms with van der Waals surface area (Å²) in [5.41, 5.74) is -0.174. The van der Waals surface area contributed by atoms with Gasteiger partial charge in [0.25, 0.3) is 6.43 Å². The van der Waals surface area contributed by atoms with Gasteiger partial charge < -0.3 is 15.5 Å². The number of halogens is 3. The van der Waals surface area contributed by atoms with Crippen LogP contribution in [0.15, 0.2) is 18.2 Å². The van der Waals surface area contributed by atoms with Crippen LogP contribution in [0.3, 0.4) is 0 Å². The minimum Gasteiger partial charge on any atom is -0.354 e. The Kier molecular flexibility index (Phi) is 4.39. The number of piperidine rings is 1. The van der Waals surface area contributed by atoms with Crippen molar-refractivity contribution < 1.29 is 18.4 Å². The Labute approximate surface area is 137 Å². The van der Waals surface area contributed by atoms with Crippen LogP contribution in [0.5, 0.6) is 0 Å². The third kappa shape index (κ3) is 2.97. The average Bonchev–Trinajstić information content (AvgIpc) is 2.90. The summed E-state index contributed by atoms with van der Waals surface area (Å²) in [7, 11) is 0. The molecule has 2 saturated heterocycles. The number of rotatable bonds is 2. The van der Waals surface area contributed by atoms with E-state index in [1.165, 1.54) is 18.2 Å². The maximum Gasteiger partial charge on any atom is 0.322 e. The molecule has 2 heterocycles. The molecule has 2 aliphatic rings. The molecule has 8 heteroatoms. The van der Waals surface area contributed by atoms with Crippen molar-refractivity contribution in [3.63, 3.8) is 0 Å². The Morgan fingerprint density at radius 3 is 2.96 bits per heavy atom. The third-order valence-electron chi connectivity index (χ3n) is 4.37. The number of hydrogen-bond donors (Lipinski definition) is 2. The lowest BCUT2D eigenvalue weighted by Crippen LogP contribution is -2.50. The maximum absolute atomic E-state index is 12.9. The summed E-state index contributed by atoms with van der Waals surface area (Å²) in [6, 6.07) is 3.49. The number of nitrogens with one attached hydrogen (secondary N) is 2. The second-order valence-electron chi connectivity index (χ2n) is 5.69. The quantitative estimate of drug-likeness (QED) is 0.867. The van der Waals surface area contributed by atoms with Gasteiger partial charge in [0.2, 0.25) is 5.91 Å². The molecule has 0 bridgehead atoms. The van der Waals surface area contributed by atoms with E-state index in [0.717, 1.165) is 12.8 Å². The first-order valence-electron chi connectivity index (χ1n) is 7.41. The molecule has 5 nitrogen and oxygen atoms in total. The number of fused-ring (bicyclic) bond motifs is 1. The fourth-order valence-corrected chi connectivity index (χ4v) is 3.46. The van der Waals surface area contributed by atoms with E-state index in [1.54, 1.807) is 4.90 Å². The second kappa shape index (κ2) is 6.31. The standard InChI is InChI=1S/C15H16ClF2N3O2/c16-12-9(13(17)18)3-1-5-10(12)20-15(23)21-6-2-4-8-11(21)7-19-14(8)22/h1,3,5,8,11,13H,2,4,6-7H2,(H,19,22)(H,20,23)/t8-,11-/m1/s1. The highest BCUT2D eigenvalue weighted by Crippen LogP contribution is 2.33. The Bertz CT molecular complexity index is 641. The lowest BCUT2D eigenvalue weighted by atomic mass is 9.92. The molecule has 0 spiro atoms. The minimum absolute atomic E-state index is 0.0368. The van der Waals surface area contributed by atoms with Crippen LogP contribution >= 0.6 is 11.6 Å². The van der Waals surface area contributed by atoms with Crippen molar-refractivity contribution in [3.8, 4) is 0 Å². The topological polar surface area (TPSA) is 61.4 Å². The lowest BCUT2D eigenvalue weighted by Gasteiger charge is -2.35. The number of benzene rings is 1. The molecule has 1 aromatic carbocycles. The average molecular weight is 344 g/mol. The molecule has 0 unspecified atom stereocenters. The number of likely N-dealkylation sites (tertiary alicyclic amines) is 1. The van der Waals surface area contributed by atoms with Gasteiger partial charge in [-0.3, -0.25) is 4.79 Å². The molecule has 0 radical (unpaired) electrons. The zero-order valence-corrected chi connectivity index (χ0v) is 12.9. The van der Waals surface area contributed by atoms with Crippen LogP contribution in [0.1, 0.15) is 24.8 Å². The van der Waals surface area contributed by atoms with Crippen LogP contribution < -0.4 is 10.6 Å². The molecule has 2 fully saturated rings. The van der Waals surface area contributed by atoms with E-state index in [4.69, 9.17) is 11.6 Å². The lowest BCUT2D eigenvalue weighted by molar-refractivity contribution is -0.123. The molecule has 23 heavy (non-hydrogen) atoms. The van der Waals surface area contributed by atoms with Gasteiger partial charge in [0, 0.05) is 18.7 Å². The van der Waals surface area contributed by atoms with E-state index in [0.29, 0.717) is 13.1 Å². The number of carbonyl (C=O) groups excluding carboxylic acids is 2. The van der Waals surface area contributed by atoms with Crippen LogP contribution in [-0.4, -0.2) is 36.0 Å². The predicted molar refractivity (Wildman–Crippen MR) is 81.7 cm³/mol. The van der Waals surface area contributed by atoms with E-state index in [9.17, 15) is 18.4 Å². The van der Waals surface area contributed by atoms with E-state index in [-0.39, 0.29) is 34.1 Å². The van der Waals surface area contributed by atoms with Gasteiger partial charge in [0.05, 0.1) is 22.7 Å². The van der Waals surface area contributed by atoms with Gasteiger partial charge in [-0.25, -0.2) is 13.6 Å². The van der Waals surface area contributed by atoms with Gasteiger partial charge in [0.1, 0.15) is 0 Å². The highest BCUT2D eigenvalue weighted by Gasteiger charge is 2.42. The molecule has 2 N–H and O–H groups in total. The Morgan fingerprint density at radius 2 is 2.22 bits per heavy atom. The van der Waals surface area contributed by atoms with E-state index in [1.807, 2.05) is 0 Å². The molecule has 1 aromatic rings. The summed E-state index contributed by atoms with van der Waals surface area (Å²) in [4.78, 5) is 25.8. The van der Waals surface area contributed by atoms with Gasteiger partial charge in [-0.1, -0.05) is 23.7 Å². The molecule has 3 rings (SSSR count). The van der Waals surface area contributed by atoms with Gasteiger partial charge in [0.15, 0.2) is 0 Å². The van der Waals surface area contributed by atoms with Crippen molar-refractivity contribution >= 4 is 29.2 Å². The Morgan fingerprint density at radius 1 is 1.43 bits per heavy atom. The predicted octanol–water partition coefficient (Wildman–Crippen LogP) is 3.02. The summed E-state index contributed by atoms with van der Waals surface area (Å²) in [5, 5.41) is 5.18. The number of anilines is 1. The Hall–Kier alpha value is -1.89. The van der Waals surface area contributed by atoms with Crippen LogP contribution in [0, 0.1) is 5.92 Å². The van der Waals surface area contributed by atoms with E-state index >= 15 is 0 Å². The van der Waals surface area contributed by atoms with Crippen molar-refractivity contribution in [1.29, 1.82) is 0 Å². The normalized spacial score (nSPS) is 23.7. The largest absolute Gasteiger partial charge is 0.354 e. The summed E-state index contributed by atoms with van der Waals surface area (Å²) in [6.07, 6.45) is -1.23. The maximum atomic E-state index is 12.9. The number of nitrogens with zero attached hydrogens (tertiary/aromatic N) is 1. The first-order valence-corrected chi connectivity index (χ1v) is 7.78. The molecule has 124 valence electrons.